The van der Waals surface area contributed by atoms with Crippen molar-refractivity contribution in [2.45, 2.75) is 19.1 Å². The molecule has 0 aliphatic heterocycles. The maximum Gasteiger partial charge on any atom is 0.390 e. The van der Waals surface area contributed by atoms with Crippen LogP contribution in [0.2, 0.25) is 0 Å². The van der Waals surface area contributed by atoms with Crippen LogP contribution in [0.15, 0.2) is 30.6 Å². The molecule has 0 unspecified atom stereocenters. The van der Waals surface area contributed by atoms with Crippen LogP contribution in [0, 0.1) is 0 Å². The fraction of sp³-hybridized carbons (Fsp3) is 0.273. The Morgan fingerprint density at radius 3 is 2.44 bits per heavy atom. The highest BCUT2D eigenvalue weighted by Crippen LogP contribution is 2.21. The van der Waals surface area contributed by atoms with E-state index in [-0.39, 0.29) is 6.54 Å². The minimum absolute atomic E-state index is 0.231. The molecule has 2 N–H and O–H groups in total. The normalized spacial score (nSPS) is 11.7. The molecule has 0 spiro atoms. The van der Waals surface area contributed by atoms with Crippen LogP contribution in [0.5, 0.6) is 0 Å². The molecule has 96 valence electrons. The maximum absolute atomic E-state index is 12.0. The summed E-state index contributed by atoms with van der Waals surface area (Å²) in [7, 11) is 0. The Balaban J connectivity index is 2.08. The second-order valence-corrected chi connectivity index (χ2v) is 3.82. The van der Waals surface area contributed by atoms with E-state index in [2.05, 4.69) is 10.1 Å². The van der Waals surface area contributed by atoms with Gasteiger partial charge in [-0.25, -0.2) is 4.98 Å². The molecule has 0 aliphatic rings. The number of halogens is 3. The van der Waals surface area contributed by atoms with Gasteiger partial charge in [0.05, 0.1) is 13.0 Å². The van der Waals surface area contributed by atoms with Gasteiger partial charge in [-0.3, -0.25) is 4.68 Å². The quantitative estimate of drug-likeness (QED) is 0.858. The van der Waals surface area contributed by atoms with Crippen LogP contribution < -0.4 is 5.73 Å². The molecule has 0 amide bonds. The largest absolute Gasteiger partial charge is 0.399 e. The van der Waals surface area contributed by atoms with Crippen LogP contribution in [0.25, 0.3) is 11.4 Å². The van der Waals surface area contributed by atoms with Crippen molar-refractivity contribution in [3.63, 3.8) is 0 Å². The first-order valence-electron chi connectivity index (χ1n) is 5.26. The van der Waals surface area contributed by atoms with Gasteiger partial charge in [0.25, 0.3) is 0 Å². The SMILES string of the molecule is Nc1ccc(-c2ncn(CCC(F)(F)F)n2)cc1. The van der Waals surface area contributed by atoms with Crippen molar-refractivity contribution in [3.05, 3.63) is 30.6 Å². The fourth-order valence-corrected chi connectivity index (χ4v) is 1.41. The van der Waals surface area contributed by atoms with Crippen molar-refractivity contribution in [3.8, 4) is 11.4 Å². The Labute approximate surface area is 101 Å². The molecule has 7 heteroatoms. The van der Waals surface area contributed by atoms with E-state index in [9.17, 15) is 13.2 Å². The van der Waals surface area contributed by atoms with Crippen molar-refractivity contribution in [1.29, 1.82) is 0 Å². The summed E-state index contributed by atoms with van der Waals surface area (Å²) in [5, 5.41) is 3.98. The van der Waals surface area contributed by atoms with Gasteiger partial charge < -0.3 is 5.73 Å². The Morgan fingerprint density at radius 2 is 1.83 bits per heavy atom. The van der Waals surface area contributed by atoms with Crippen molar-refractivity contribution in [2.75, 3.05) is 5.73 Å². The third-order valence-corrected chi connectivity index (χ3v) is 2.33. The van der Waals surface area contributed by atoms with Gasteiger partial charge >= 0.3 is 6.18 Å². The summed E-state index contributed by atoms with van der Waals surface area (Å²) in [4.78, 5) is 3.96. The zero-order valence-corrected chi connectivity index (χ0v) is 9.35. The van der Waals surface area contributed by atoms with E-state index >= 15 is 0 Å². The van der Waals surface area contributed by atoms with E-state index < -0.39 is 12.6 Å². The molecular weight excluding hydrogens is 245 g/mol. The predicted molar refractivity (Wildman–Crippen MR) is 60.5 cm³/mol. The molecule has 2 rings (SSSR count). The number of nitrogens with two attached hydrogens (primary N) is 1. The lowest BCUT2D eigenvalue weighted by Gasteiger charge is -2.04. The average Bonchev–Trinajstić information content (AvgIpc) is 2.75. The van der Waals surface area contributed by atoms with Gasteiger partial charge in [-0.1, -0.05) is 0 Å². The molecule has 1 aromatic carbocycles. The monoisotopic (exact) mass is 256 g/mol. The number of hydrogen-bond acceptors (Lipinski definition) is 3. The lowest BCUT2D eigenvalue weighted by Crippen LogP contribution is -2.12. The number of benzene rings is 1. The molecule has 0 saturated heterocycles. The molecule has 1 heterocycles. The summed E-state index contributed by atoms with van der Waals surface area (Å²) < 4.78 is 37.3. The number of nitrogen functional groups attached to an aromatic ring is 1. The first-order chi connectivity index (χ1) is 8.44. The average molecular weight is 256 g/mol. The number of nitrogens with zero attached hydrogens (tertiary/aromatic N) is 3. The summed E-state index contributed by atoms with van der Waals surface area (Å²) >= 11 is 0. The van der Waals surface area contributed by atoms with Gasteiger partial charge in [-0.2, -0.15) is 18.3 Å². The smallest absolute Gasteiger partial charge is 0.390 e. The third-order valence-electron chi connectivity index (χ3n) is 2.33. The summed E-state index contributed by atoms with van der Waals surface area (Å²) in [6, 6.07) is 6.81. The van der Waals surface area contributed by atoms with Crippen molar-refractivity contribution in [2.24, 2.45) is 0 Å². The zero-order chi connectivity index (χ0) is 13.2. The van der Waals surface area contributed by atoms with Crippen LogP contribution in [-0.4, -0.2) is 20.9 Å². The summed E-state index contributed by atoms with van der Waals surface area (Å²) in [5.74, 6) is 0.386. The van der Waals surface area contributed by atoms with E-state index in [4.69, 9.17) is 5.73 Å². The fourth-order valence-electron chi connectivity index (χ4n) is 1.41. The molecule has 0 fully saturated rings. The second kappa shape index (κ2) is 4.67. The molecule has 18 heavy (non-hydrogen) atoms. The van der Waals surface area contributed by atoms with Gasteiger partial charge in [-0.15, -0.1) is 0 Å². The molecule has 0 radical (unpaired) electrons. The topological polar surface area (TPSA) is 56.7 Å². The molecule has 1 aromatic heterocycles. The van der Waals surface area contributed by atoms with Gasteiger partial charge in [0.1, 0.15) is 6.33 Å². The Morgan fingerprint density at radius 1 is 1.17 bits per heavy atom. The standard InChI is InChI=1S/C11H11F3N4/c12-11(13,14)5-6-18-7-16-10(17-18)8-1-3-9(15)4-2-8/h1-4,7H,5-6,15H2. The van der Waals surface area contributed by atoms with Crippen LogP contribution in [0.4, 0.5) is 18.9 Å². The van der Waals surface area contributed by atoms with E-state index in [0.29, 0.717) is 11.5 Å². The van der Waals surface area contributed by atoms with E-state index in [1.54, 1.807) is 24.3 Å². The highest BCUT2D eigenvalue weighted by molar-refractivity contribution is 5.57. The Kier molecular flexibility index (Phi) is 3.22. The number of rotatable bonds is 3. The Bertz CT molecular complexity index is 516. The first kappa shape index (κ1) is 12.4. The minimum Gasteiger partial charge on any atom is -0.399 e. The molecule has 4 nitrogen and oxygen atoms in total. The zero-order valence-electron chi connectivity index (χ0n) is 9.35. The van der Waals surface area contributed by atoms with Crippen LogP contribution in [0.1, 0.15) is 6.42 Å². The molecule has 0 bridgehead atoms. The van der Waals surface area contributed by atoms with E-state index in [1.165, 1.54) is 11.0 Å². The minimum atomic E-state index is -4.19. The Hall–Kier alpha value is -2.05. The van der Waals surface area contributed by atoms with Crippen molar-refractivity contribution >= 4 is 5.69 Å². The van der Waals surface area contributed by atoms with Gasteiger partial charge in [-0.05, 0) is 24.3 Å². The third kappa shape index (κ3) is 3.22. The summed E-state index contributed by atoms with van der Waals surface area (Å²) in [6.45, 7) is -0.231. The summed E-state index contributed by atoms with van der Waals surface area (Å²) in [5.41, 5.74) is 6.86. The molecule has 2 aromatic rings. The van der Waals surface area contributed by atoms with Crippen molar-refractivity contribution in [1.82, 2.24) is 14.8 Å². The molecule has 0 saturated carbocycles. The highest BCUT2D eigenvalue weighted by atomic mass is 19.4. The highest BCUT2D eigenvalue weighted by Gasteiger charge is 2.26. The number of aromatic nitrogens is 3. The number of anilines is 1. The van der Waals surface area contributed by atoms with Gasteiger partial charge in [0, 0.05) is 11.3 Å². The van der Waals surface area contributed by atoms with Crippen LogP contribution in [0.3, 0.4) is 0 Å². The molecular formula is C11H11F3N4. The van der Waals surface area contributed by atoms with E-state index in [0.717, 1.165) is 5.56 Å². The van der Waals surface area contributed by atoms with Crippen LogP contribution >= 0.6 is 0 Å². The maximum atomic E-state index is 12.0. The predicted octanol–water partition coefficient (Wildman–Crippen LogP) is 2.48. The number of hydrogen-bond donors (Lipinski definition) is 1. The number of alkyl halides is 3. The second-order valence-electron chi connectivity index (χ2n) is 3.82. The first-order valence-corrected chi connectivity index (χ1v) is 5.26. The van der Waals surface area contributed by atoms with Crippen LogP contribution in [-0.2, 0) is 6.54 Å². The lowest BCUT2D eigenvalue weighted by atomic mass is 10.2. The molecule has 0 atom stereocenters. The number of aryl methyl sites for hydroxylation is 1. The summed E-state index contributed by atoms with van der Waals surface area (Å²) in [6.07, 6.45) is -3.82. The lowest BCUT2D eigenvalue weighted by molar-refractivity contribution is -0.137. The van der Waals surface area contributed by atoms with E-state index in [1.807, 2.05) is 0 Å². The van der Waals surface area contributed by atoms with Crippen molar-refractivity contribution < 1.29 is 13.2 Å². The molecule has 0 aliphatic carbocycles. The van der Waals surface area contributed by atoms with Gasteiger partial charge in [0.15, 0.2) is 5.82 Å². The van der Waals surface area contributed by atoms with Gasteiger partial charge in [0.2, 0.25) is 0 Å².